The normalized spacial score (nSPS) is 12.2. The van der Waals surface area contributed by atoms with Crippen LogP contribution in [0.3, 0.4) is 0 Å². The summed E-state index contributed by atoms with van der Waals surface area (Å²) in [7, 11) is 1.91. The molecule has 0 aliphatic heterocycles. The second kappa shape index (κ2) is 9.65. The van der Waals surface area contributed by atoms with Gasteiger partial charge in [0.1, 0.15) is 0 Å². The van der Waals surface area contributed by atoms with Gasteiger partial charge in [-0.05, 0) is 41.8 Å². The maximum absolute atomic E-state index is 12.7. The van der Waals surface area contributed by atoms with E-state index in [1.54, 1.807) is 36.0 Å². The smallest absolute Gasteiger partial charge is 0.251 e. The molecule has 1 aromatic heterocycles. The summed E-state index contributed by atoms with van der Waals surface area (Å²) in [5.74, 6) is 1.36. The van der Waals surface area contributed by atoms with Crippen molar-refractivity contribution in [3.05, 3.63) is 75.5 Å². The number of rotatable bonds is 7. The fourth-order valence-corrected chi connectivity index (χ4v) is 4.17. The van der Waals surface area contributed by atoms with E-state index in [-0.39, 0.29) is 17.9 Å². The lowest BCUT2D eigenvalue weighted by molar-refractivity contribution is 0.0922. The predicted molar refractivity (Wildman–Crippen MR) is 119 cm³/mol. The zero-order chi connectivity index (χ0) is 21.0. The molecule has 152 valence electrons. The van der Waals surface area contributed by atoms with E-state index in [1.807, 2.05) is 49.7 Å². The number of aromatic nitrogens is 3. The number of halogens is 2. The Morgan fingerprint density at radius 1 is 1.10 bits per heavy atom. The van der Waals surface area contributed by atoms with E-state index in [0.29, 0.717) is 22.2 Å². The van der Waals surface area contributed by atoms with Crippen LogP contribution in [0, 0.1) is 5.92 Å². The lowest BCUT2D eigenvalue weighted by atomic mass is 10.0. The molecular weight excluding hydrogens is 427 g/mol. The molecule has 0 saturated heterocycles. The van der Waals surface area contributed by atoms with Crippen molar-refractivity contribution >= 4 is 40.9 Å². The molecule has 8 heteroatoms. The largest absolute Gasteiger partial charge is 0.342 e. The van der Waals surface area contributed by atoms with Gasteiger partial charge >= 0.3 is 0 Å². The molecule has 1 amide bonds. The Morgan fingerprint density at radius 3 is 2.45 bits per heavy atom. The van der Waals surface area contributed by atoms with Crippen molar-refractivity contribution < 1.29 is 4.79 Å². The number of hydrogen-bond donors (Lipinski definition) is 1. The Hall–Kier alpha value is -2.02. The Labute approximate surface area is 184 Å². The Balaban J connectivity index is 1.75. The van der Waals surface area contributed by atoms with Gasteiger partial charge in [-0.3, -0.25) is 4.79 Å². The van der Waals surface area contributed by atoms with Gasteiger partial charge in [0.15, 0.2) is 11.0 Å². The molecule has 0 aliphatic rings. The number of hydrogen-bond acceptors (Lipinski definition) is 4. The molecule has 0 radical (unpaired) electrons. The summed E-state index contributed by atoms with van der Waals surface area (Å²) in [4.78, 5) is 12.7. The molecule has 1 atom stereocenters. The highest BCUT2D eigenvalue weighted by molar-refractivity contribution is 7.98. The Morgan fingerprint density at radius 2 is 1.79 bits per heavy atom. The van der Waals surface area contributed by atoms with Crippen LogP contribution < -0.4 is 5.32 Å². The van der Waals surface area contributed by atoms with Crippen molar-refractivity contribution in [3.8, 4) is 0 Å². The van der Waals surface area contributed by atoms with Crippen LogP contribution in [0.4, 0.5) is 0 Å². The first-order chi connectivity index (χ1) is 13.9. The summed E-state index contributed by atoms with van der Waals surface area (Å²) < 4.78 is 1.92. The standard InChI is InChI=1S/C21H22Cl2N4OS/c1-13(2)18(24-20(28)14-8-10-16(22)11-9-14)19-25-26-21(27(19)3)29-12-15-6-4-5-7-17(15)23/h4-11,13,18H,12H2,1-3H3,(H,24,28)/t18-/m0/s1. The van der Waals surface area contributed by atoms with Crippen molar-refractivity contribution in [2.24, 2.45) is 13.0 Å². The first kappa shape index (κ1) is 21.7. The molecule has 29 heavy (non-hydrogen) atoms. The van der Waals surface area contributed by atoms with Gasteiger partial charge in [-0.2, -0.15) is 0 Å². The van der Waals surface area contributed by atoms with Crippen LogP contribution in [0.5, 0.6) is 0 Å². The van der Waals surface area contributed by atoms with Crippen LogP contribution in [-0.4, -0.2) is 20.7 Å². The van der Waals surface area contributed by atoms with Crippen LogP contribution in [0.1, 0.15) is 41.6 Å². The highest BCUT2D eigenvalue weighted by Gasteiger charge is 2.25. The zero-order valence-electron chi connectivity index (χ0n) is 16.4. The molecule has 0 bridgehead atoms. The van der Waals surface area contributed by atoms with Crippen LogP contribution in [0.2, 0.25) is 10.0 Å². The van der Waals surface area contributed by atoms with Crippen molar-refractivity contribution in [1.82, 2.24) is 20.1 Å². The summed E-state index contributed by atoms with van der Waals surface area (Å²) in [6.07, 6.45) is 0. The number of nitrogens with one attached hydrogen (secondary N) is 1. The van der Waals surface area contributed by atoms with Gasteiger partial charge in [0.05, 0.1) is 6.04 Å². The molecule has 0 unspecified atom stereocenters. The number of carbonyl (C=O) groups is 1. The van der Waals surface area contributed by atoms with Gasteiger partial charge in [-0.25, -0.2) is 0 Å². The molecule has 3 rings (SSSR count). The molecule has 1 N–H and O–H groups in total. The van der Waals surface area contributed by atoms with Crippen molar-refractivity contribution in [2.45, 2.75) is 30.8 Å². The third-order valence-corrected chi connectivity index (χ3v) is 6.21. The number of nitrogens with zero attached hydrogens (tertiary/aromatic N) is 3. The van der Waals surface area contributed by atoms with Gasteiger partial charge in [-0.1, -0.05) is 67.0 Å². The third-order valence-electron chi connectivity index (χ3n) is 4.52. The van der Waals surface area contributed by atoms with Crippen LogP contribution in [0.15, 0.2) is 53.7 Å². The van der Waals surface area contributed by atoms with Gasteiger partial charge in [0.2, 0.25) is 0 Å². The summed E-state index contributed by atoms with van der Waals surface area (Å²) in [6, 6.07) is 14.3. The average molecular weight is 449 g/mol. The van der Waals surface area contributed by atoms with Crippen molar-refractivity contribution in [1.29, 1.82) is 0 Å². The molecule has 0 saturated carbocycles. The first-order valence-corrected chi connectivity index (χ1v) is 10.9. The summed E-state index contributed by atoms with van der Waals surface area (Å²) in [5, 5.41) is 13.8. The molecule has 2 aromatic carbocycles. The van der Waals surface area contributed by atoms with E-state index in [1.165, 1.54) is 0 Å². The molecule has 0 aliphatic carbocycles. The molecular formula is C21H22Cl2N4OS. The van der Waals surface area contributed by atoms with Crippen LogP contribution in [0.25, 0.3) is 0 Å². The third kappa shape index (κ3) is 5.32. The zero-order valence-corrected chi connectivity index (χ0v) is 18.7. The van der Waals surface area contributed by atoms with E-state index in [4.69, 9.17) is 23.2 Å². The summed E-state index contributed by atoms with van der Waals surface area (Å²) in [5.41, 5.74) is 1.59. The highest BCUT2D eigenvalue weighted by atomic mass is 35.5. The topological polar surface area (TPSA) is 59.8 Å². The Kier molecular flexibility index (Phi) is 7.22. The molecule has 0 fully saturated rings. The summed E-state index contributed by atoms with van der Waals surface area (Å²) in [6.45, 7) is 4.08. The lowest BCUT2D eigenvalue weighted by Crippen LogP contribution is -2.33. The maximum atomic E-state index is 12.7. The Bertz CT molecular complexity index is 989. The average Bonchev–Trinajstić information content (AvgIpc) is 3.06. The minimum atomic E-state index is -0.273. The van der Waals surface area contributed by atoms with Gasteiger partial charge in [-0.15, -0.1) is 10.2 Å². The second-order valence-corrected chi connectivity index (χ2v) is 8.77. The molecule has 1 heterocycles. The second-order valence-electron chi connectivity index (χ2n) is 6.98. The van der Waals surface area contributed by atoms with E-state index < -0.39 is 0 Å². The van der Waals surface area contributed by atoms with Gasteiger partial charge in [0.25, 0.3) is 5.91 Å². The van der Waals surface area contributed by atoms with Crippen molar-refractivity contribution in [3.63, 3.8) is 0 Å². The fourth-order valence-electron chi connectivity index (χ4n) is 2.84. The first-order valence-electron chi connectivity index (χ1n) is 9.18. The van der Waals surface area contributed by atoms with Crippen molar-refractivity contribution in [2.75, 3.05) is 0 Å². The van der Waals surface area contributed by atoms with E-state index in [0.717, 1.165) is 15.7 Å². The van der Waals surface area contributed by atoms with E-state index in [2.05, 4.69) is 15.5 Å². The van der Waals surface area contributed by atoms with Gasteiger partial charge < -0.3 is 9.88 Å². The lowest BCUT2D eigenvalue weighted by Gasteiger charge is -2.21. The van der Waals surface area contributed by atoms with E-state index >= 15 is 0 Å². The monoisotopic (exact) mass is 448 g/mol. The number of amides is 1. The maximum Gasteiger partial charge on any atom is 0.251 e. The predicted octanol–water partition coefficient (Wildman–Crippen LogP) is 5.54. The minimum Gasteiger partial charge on any atom is -0.342 e. The van der Waals surface area contributed by atoms with Gasteiger partial charge in [0, 0.05) is 28.4 Å². The number of thioether (sulfide) groups is 1. The van der Waals surface area contributed by atoms with E-state index in [9.17, 15) is 4.79 Å². The molecule has 0 spiro atoms. The molecule has 5 nitrogen and oxygen atoms in total. The SMILES string of the molecule is CC(C)[C@H](NC(=O)c1ccc(Cl)cc1)c1nnc(SCc2ccccc2Cl)n1C. The number of carbonyl (C=O) groups excluding carboxylic acids is 1. The fraction of sp³-hybridized carbons (Fsp3) is 0.286. The van der Waals surface area contributed by atoms with Crippen LogP contribution in [-0.2, 0) is 12.8 Å². The highest BCUT2D eigenvalue weighted by Crippen LogP contribution is 2.28. The minimum absolute atomic E-state index is 0.135. The number of benzene rings is 2. The van der Waals surface area contributed by atoms with Crippen LogP contribution >= 0.6 is 35.0 Å². The summed E-state index contributed by atoms with van der Waals surface area (Å²) >= 11 is 13.7. The quantitative estimate of drug-likeness (QED) is 0.481. The molecule has 3 aromatic rings.